The lowest BCUT2D eigenvalue weighted by atomic mass is 10.1. The Kier molecular flexibility index (Phi) is 5.39. The minimum absolute atomic E-state index is 0.133. The van der Waals surface area contributed by atoms with E-state index in [-0.39, 0.29) is 30.8 Å². The molecule has 29 heavy (non-hydrogen) atoms. The molecule has 0 saturated carbocycles. The van der Waals surface area contributed by atoms with Gasteiger partial charge in [0.25, 0.3) is 5.89 Å². The van der Waals surface area contributed by atoms with Crippen molar-refractivity contribution in [3.63, 3.8) is 0 Å². The number of benzene rings is 1. The molecule has 3 heterocycles. The monoisotopic (exact) mass is 409 g/mol. The molecule has 1 N–H and O–H groups in total. The number of imidazole rings is 1. The molecule has 4 aromatic rings. The molecule has 0 spiro atoms. The molecule has 8 nitrogen and oxygen atoms in total. The van der Waals surface area contributed by atoms with Gasteiger partial charge >= 0.3 is 5.76 Å². The van der Waals surface area contributed by atoms with Crippen LogP contribution in [0.25, 0.3) is 16.5 Å². The zero-order valence-corrected chi connectivity index (χ0v) is 16.5. The second-order valence-electron chi connectivity index (χ2n) is 6.47. The third-order valence-electron chi connectivity index (χ3n) is 4.46. The maximum atomic E-state index is 12.3. The first kappa shape index (κ1) is 18.9. The van der Waals surface area contributed by atoms with Crippen LogP contribution in [0, 0.1) is 0 Å². The first-order valence-corrected chi connectivity index (χ1v) is 9.97. The Morgan fingerprint density at radius 2 is 2.10 bits per heavy atom. The molecule has 0 unspecified atom stereocenters. The van der Waals surface area contributed by atoms with E-state index < -0.39 is 5.76 Å². The van der Waals surface area contributed by atoms with Crippen LogP contribution >= 0.6 is 11.3 Å². The minimum atomic E-state index is -0.565. The Labute approximate surface area is 170 Å². The summed E-state index contributed by atoms with van der Waals surface area (Å²) in [6.07, 6.45) is 5.46. The van der Waals surface area contributed by atoms with E-state index in [1.54, 1.807) is 12.5 Å². The van der Waals surface area contributed by atoms with Gasteiger partial charge in [0, 0.05) is 24.5 Å². The topological polar surface area (TPSA) is 95.0 Å². The second-order valence-corrected chi connectivity index (χ2v) is 7.42. The molecule has 0 aliphatic carbocycles. The maximum absolute atomic E-state index is 12.3. The first-order chi connectivity index (χ1) is 14.1. The van der Waals surface area contributed by atoms with Crippen molar-refractivity contribution in [3.8, 4) is 16.5 Å². The SMILES string of the molecule is C[C@H](NC(=O)CCn1nc(-c2cccs2)oc1=O)c1ccc(-n2ccnc2)cc1. The van der Waals surface area contributed by atoms with Gasteiger partial charge in [-0.15, -0.1) is 16.4 Å². The molecule has 1 aromatic carbocycles. The standard InChI is InChI=1S/C20H19N5O3S/c1-14(15-4-6-16(7-5-15)24-11-9-21-13-24)22-18(26)8-10-25-20(27)28-19(23-25)17-3-2-12-29-17/h2-7,9,11-14H,8,10H2,1H3,(H,22,26)/t14-/m0/s1. The number of thiophene rings is 1. The summed E-state index contributed by atoms with van der Waals surface area (Å²) in [5.41, 5.74) is 1.98. The quantitative estimate of drug-likeness (QED) is 0.506. The summed E-state index contributed by atoms with van der Waals surface area (Å²) in [4.78, 5) is 29.0. The Hall–Kier alpha value is -3.46. The number of hydrogen-bond acceptors (Lipinski definition) is 6. The molecule has 0 saturated heterocycles. The molecule has 1 atom stereocenters. The van der Waals surface area contributed by atoms with Gasteiger partial charge in [-0.1, -0.05) is 18.2 Å². The largest absolute Gasteiger partial charge is 0.437 e. The number of aryl methyl sites for hydroxylation is 1. The van der Waals surface area contributed by atoms with Gasteiger partial charge < -0.3 is 14.3 Å². The molecule has 148 valence electrons. The van der Waals surface area contributed by atoms with Crippen LogP contribution in [0.15, 0.2) is 69.7 Å². The summed E-state index contributed by atoms with van der Waals surface area (Å²) < 4.78 is 8.24. The Bertz CT molecular complexity index is 1130. The number of carbonyl (C=O) groups is 1. The van der Waals surface area contributed by atoms with Crippen LogP contribution in [0.1, 0.15) is 24.9 Å². The molecule has 9 heteroatoms. The van der Waals surface area contributed by atoms with Crippen molar-refractivity contribution >= 4 is 17.2 Å². The molecule has 0 fully saturated rings. The summed E-state index contributed by atoms with van der Waals surface area (Å²) in [5.74, 6) is -0.454. The van der Waals surface area contributed by atoms with E-state index in [4.69, 9.17) is 4.42 Å². The number of amides is 1. The fraction of sp³-hybridized carbons (Fsp3) is 0.200. The van der Waals surface area contributed by atoms with E-state index in [0.717, 1.165) is 16.1 Å². The third-order valence-corrected chi connectivity index (χ3v) is 5.32. The number of rotatable bonds is 7. The summed E-state index contributed by atoms with van der Waals surface area (Å²) in [5, 5.41) is 8.98. The Balaban J connectivity index is 1.33. The van der Waals surface area contributed by atoms with E-state index in [2.05, 4.69) is 15.4 Å². The highest BCUT2D eigenvalue weighted by molar-refractivity contribution is 7.13. The van der Waals surface area contributed by atoms with Crippen LogP contribution in [0.2, 0.25) is 0 Å². The summed E-state index contributed by atoms with van der Waals surface area (Å²) >= 11 is 1.44. The molecular weight excluding hydrogens is 390 g/mol. The summed E-state index contributed by atoms with van der Waals surface area (Å²) in [6, 6.07) is 11.4. The number of nitrogens with zero attached hydrogens (tertiary/aromatic N) is 4. The number of carbonyl (C=O) groups excluding carboxylic acids is 1. The first-order valence-electron chi connectivity index (χ1n) is 9.09. The lowest BCUT2D eigenvalue weighted by molar-refractivity contribution is -0.122. The van der Waals surface area contributed by atoms with Gasteiger partial charge in [-0.25, -0.2) is 9.78 Å². The summed E-state index contributed by atoms with van der Waals surface area (Å²) in [6.45, 7) is 2.08. The predicted octanol–water partition coefficient (Wildman–Crippen LogP) is 3.02. The van der Waals surface area contributed by atoms with Crippen molar-refractivity contribution in [2.45, 2.75) is 25.9 Å². The zero-order valence-electron chi connectivity index (χ0n) is 15.7. The van der Waals surface area contributed by atoms with Gasteiger partial charge in [0.05, 0.1) is 23.8 Å². The van der Waals surface area contributed by atoms with Gasteiger partial charge in [-0.3, -0.25) is 4.79 Å². The van der Waals surface area contributed by atoms with Crippen LogP contribution in [0.5, 0.6) is 0 Å². The summed E-state index contributed by atoms with van der Waals surface area (Å²) in [7, 11) is 0. The molecule has 3 aromatic heterocycles. The Morgan fingerprint density at radius 3 is 2.79 bits per heavy atom. The Morgan fingerprint density at radius 1 is 1.28 bits per heavy atom. The van der Waals surface area contributed by atoms with Gasteiger partial charge in [0.15, 0.2) is 0 Å². The van der Waals surface area contributed by atoms with Crippen molar-refractivity contribution < 1.29 is 9.21 Å². The molecule has 0 aliphatic rings. The molecule has 0 bridgehead atoms. The van der Waals surface area contributed by atoms with E-state index in [1.807, 2.05) is 59.5 Å². The van der Waals surface area contributed by atoms with Crippen molar-refractivity contribution in [1.82, 2.24) is 24.6 Å². The minimum Gasteiger partial charge on any atom is -0.387 e. The van der Waals surface area contributed by atoms with Crippen LogP contribution in [0.3, 0.4) is 0 Å². The molecule has 0 aliphatic heterocycles. The molecule has 1 amide bonds. The zero-order chi connectivity index (χ0) is 20.2. The normalized spacial score (nSPS) is 12.0. The highest BCUT2D eigenvalue weighted by atomic mass is 32.1. The smallest absolute Gasteiger partial charge is 0.387 e. The number of nitrogens with one attached hydrogen (secondary N) is 1. The van der Waals surface area contributed by atoms with Gasteiger partial charge in [0.2, 0.25) is 5.91 Å². The van der Waals surface area contributed by atoms with Gasteiger partial charge in [-0.2, -0.15) is 4.68 Å². The van der Waals surface area contributed by atoms with Crippen molar-refractivity contribution in [3.05, 3.63) is 76.6 Å². The number of hydrogen-bond donors (Lipinski definition) is 1. The molecule has 4 rings (SSSR count). The molecular formula is C20H19N5O3S. The average molecular weight is 409 g/mol. The van der Waals surface area contributed by atoms with E-state index in [9.17, 15) is 9.59 Å². The number of aromatic nitrogens is 4. The fourth-order valence-corrected chi connectivity index (χ4v) is 3.54. The van der Waals surface area contributed by atoms with E-state index >= 15 is 0 Å². The van der Waals surface area contributed by atoms with Crippen molar-refractivity contribution in [1.29, 1.82) is 0 Å². The van der Waals surface area contributed by atoms with Crippen LogP contribution < -0.4 is 11.1 Å². The highest BCUT2D eigenvalue weighted by Gasteiger charge is 2.14. The van der Waals surface area contributed by atoms with Gasteiger partial charge in [0.1, 0.15) is 0 Å². The van der Waals surface area contributed by atoms with E-state index in [0.29, 0.717) is 0 Å². The van der Waals surface area contributed by atoms with Crippen molar-refractivity contribution in [2.24, 2.45) is 0 Å². The highest BCUT2D eigenvalue weighted by Crippen LogP contribution is 2.21. The lowest BCUT2D eigenvalue weighted by Crippen LogP contribution is -2.29. The van der Waals surface area contributed by atoms with Crippen molar-refractivity contribution in [2.75, 3.05) is 0 Å². The van der Waals surface area contributed by atoms with E-state index in [1.165, 1.54) is 16.0 Å². The molecule has 0 radical (unpaired) electrons. The lowest BCUT2D eigenvalue weighted by Gasteiger charge is -2.15. The van der Waals surface area contributed by atoms with Gasteiger partial charge in [-0.05, 0) is 36.1 Å². The van der Waals surface area contributed by atoms with Crippen LogP contribution in [-0.4, -0.2) is 25.2 Å². The maximum Gasteiger partial charge on any atom is 0.437 e. The average Bonchev–Trinajstić information content (AvgIpc) is 3.48. The van der Waals surface area contributed by atoms with Crippen LogP contribution in [0.4, 0.5) is 0 Å². The fourth-order valence-electron chi connectivity index (χ4n) is 2.90. The predicted molar refractivity (Wildman–Crippen MR) is 109 cm³/mol. The second kappa shape index (κ2) is 8.27. The van der Waals surface area contributed by atoms with Crippen LogP contribution in [-0.2, 0) is 11.3 Å². The third kappa shape index (κ3) is 4.35.